The topological polar surface area (TPSA) is 787 Å². The third-order valence-electron chi connectivity index (χ3n) is 20.8. The minimum Gasteiger partial charge on any atom is -0.477 e. The number of aliphatic hydroxyl groups is 25. The molecule has 29 N–H and O–H groups in total. The molecule has 50 heteroatoms. The Kier molecular flexibility index (Phi) is 32.6. The van der Waals surface area contributed by atoms with Gasteiger partial charge in [-0.3, -0.25) is 14.4 Å². The first kappa shape index (κ1) is 93.1. The third-order valence-corrected chi connectivity index (χ3v) is 20.8. The van der Waals surface area contributed by atoms with E-state index in [1.54, 1.807) is 0 Å². The number of carbonyl (C=O) groups is 4. The Labute approximate surface area is 639 Å². The van der Waals surface area contributed by atoms with Gasteiger partial charge in [0.2, 0.25) is 17.7 Å². The van der Waals surface area contributed by atoms with Gasteiger partial charge in [-0.25, -0.2) is 4.79 Å². The molecule has 0 aliphatic carbocycles. The average Bonchev–Trinajstić information content (AvgIpc) is 0.826. The quantitative estimate of drug-likeness (QED) is 0.0331. The molecule has 50 nitrogen and oxygen atoms in total. The van der Waals surface area contributed by atoms with Crippen LogP contribution in [0.1, 0.15) is 41.0 Å². The lowest BCUT2D eigenvalue weighted by molar-refractivity contribution is -0.396. The van der Waals surface area contributed by atoms with Crippen molar-refractivity contribution in [3.8, 4) is 0 Å². The molecule has 0 aromatic carbocycles. The Hall–Kier alpha value is -3.80. The molecule has 113 heavy (non-hydrogen) atoms. The summed E-state index contributed by atoms with van der Waals surface area (Å²) in [5, 5.41) is 295. The van der Waals surface area contributed by atoms with E-state index in [4.69, 9.17) is 80.5 Å². The molecule has 9 aliphatic heterocycles. The van der Waals surface area contributed by atoms with E-state index in [0.717, 1.165) is 20.8 Å². The van der Waals surface area contributed by atoms with Gasteiger partial charge in [-0.1, -0.05) is 0 Å². The van der Waals surface area contributed by atoms with Gasteiger partial charge >= 0.3 is 5.97 Å². The second kappa shape index (κ2) is 39.6. The molecular weight excluding hydrogens is 1550 g/mol. The highest BCUT2D eigenvalue weighted by Gasteiger charge is 2.63. The summed E-state index contributed by atoms with van der Waals surface area (Å²) in [6.45, 7) is -3.08. The molecule has 0 bridgehead atoms. The Bertz CT molecular complexity index is 3040. The fourth-order valence-electron chi connectivity index (χ4n) is 14.6. The van der Waals surface area contributed by atoms with Crippen molar-refractivity contribution in [2.45, 2.75) is 323 Å². The van der Waals surface area contributed by atoms with Gasteiger partial charge in [0.05, 0.1) is 70.6 Å². The zero-order valence-electron chi connectivity index (χ0n) is 60.8. The summed E-state index contributed by atoms with van der Waals surface area (Å²) in [6, 6.07) is -5.83. The maximum atomic E-state index is 13.6. The van der Waals surface area contributed by atoms with Crippen molar-refractivity contribution in [1.82, 2.24) is 16.0 Å². The minimum atomic E-state index is -3.34. The molecule has 0 aromatic heterocycles. The number of amides is 3. The highest BCUT2D eigenvalue weighted by atomic mass is 16.8. The first-order valence-electron chi connectivity index (χ1n) is 36.0. The number of ether oxygens (including phenoxy) is 17. The van der Waals surface area contributed by atoms with E-state index in [9.17, 15) is 152 Å². The lowest BCUT2D eigenvalue weighted by Crippen LogP contribution is -2.71. The summed E-state index contributed by atoms with van der Waals surface area (Å²) < 4.78 is 101. The second-order valence-corrected chi connectivity index (χ2v) is 28.8. The Morgan fingerprint density at radius 3 is 1.30 bits per heavy atom. The lowest BCUT2D eigenvalue weighted by atomic mass is 9.88. The zero-order valence-corrected chi connectivity index (χ0v) is 60.8. The molecular formula is C63H105N3O47. The molecule has 0 saturated carbocycles. The Morgan fingerprint density at radius 2 is 0.779 bits per heavy atom. The molecule has 0 spiro atoms. The van der Waals surface area contributed by atoms with Crippen molar-refractivity contribution >= 4 is 23.7 Å². The average molecular weight is 1660 g/mol. The predicted octanol–water partition coefficient (Wildman–Crippen LogP) is -18.9. The smallest absolute Gasteiger partial charge is 0.364 e. The second-order valence-electron chi connectivity index (χ2n) is 28.8. The van der Waals surface area contributed by atoms with Crippen LogP contribution in [-0.2, 0) is 99.7 Å². The molecule has 9 fully saturated rings. The molecule has 9 rings (SSSR count). The van der Waals surface area contributed by atoms with Crippen molar-refractivity contribution in [2.75, 3.05) is 46.2 Å². The number of carbonyl (C=O) groups excluding carboxylic acids is 3. The maximum absolute atomic E-state index is 13.6. The number of nitrogens with one attached hydrogen (secondary N) is 3. The van der Waals surface area contributed by atoms with Crippen LogP contribution in [0.2, 0.25) is 0 Å². The summed E-state index contributed by atoms with van der Waals surface area (Å²) >= 11 is 0. The summed E-state index contributed by atoms with van der Waals surface area (Å²) in [7, 11) is 0. The number of carboxylic acid groups (broad SMARTS) is 1. The van der Waals surface area contributed by atoms with Gasteiger partial charge in [0.1, 0.15) is 201 Å². The number of carboxylic acids is 1. The van der Waals surface area contributed by atoms with Crippen LogP contribution in [0.3, 0.4) is 0 Å². The monoisotopic (exact) mass is 1660 g/mol. The zero-order chi connectivity index (χ0) is 83.6. The number of aliphatic carboxylic acids is 1. The van der Waals surface area contributed by atoms with Gasteiger partial charge in [-0.05, 0) is 13.8 Å². The molecule has 0 radical (unpaired) electrons. The lowest BCUT2D eigenvalue weighted by Gasteiger charge is -2.52. The molecule has 0 unspecified atom stereocenters. The van der Waals surface area contributed by atoms with Crippen LogP contribution in [-0.4, -0.2) is 484 Å². The fraction of sp³-hybridized carbons (Fsp3) is 0.937. The van der Waals surface area contributed by atoms with E-state index in [1.165, 1.54) is 13.8 Å². The van der Waals surface area contributed by atoms with Crippen LogP contribution < -0.4 is 16.0 Å². The first-order valence-corrected chi connectivity index (χ1v) is 36.0. The van der Waals surface area contributed by atoms with Gasteiger partial charge in [0.25, 0.3) is 5.79 Å². The van der Waals surface area contributed by atoms with Gasteiger partial charge in [-0.2, -0.15) is 0 Å². The summed E-state index contributed by atoms with van der Waals surface area (Å²) in [4.78, 5) is 52.6. The number of hydrogen-bond donors (Lipinski definition) is 29. The summed E-state index contributed by atoms with van der Waals surface area (Å²) in [5.41, 5.74) is 0. The van der Waals surface area contributed by atoms with Crippen molar-refractivity contribution in [2.24, 2.45) is 0 Å². The molecule has 0 aromatic rings. The molecule has 3 amide bonds. The van der Waals surface area contributed by atoms with Crippen LogP contribution in [0.4, 0.5) is 0 Å². The van der Waals surface area contributed by atoms with Crippen molar-refractivity contribution in [3.05, 3.63) is 0 Å². The number of aliphatic hydroxyl groups excluding tert-OH is 25. The van der Waals surface area contributed by atoms with E-state index < -0.39 is 358 Å². The van der Waals surface area contributed by atoms with Gasteiger partial charge < -0.3 is 229 Å². The highest BCUT2D eigenvalue weighted by molar-refractivity contribution is 5.77. The molecule has 654 valence electrons. The van der Waals surface area contributed by atoms with Crippen molar-refractivity contribution < 1.29 is 232 Å². The molecule has 9 saturated heterocycles. The number of hydrogen-bond acceptors (Lipinski definition) is 46. The van der Waals surface area contributed by atoms with Crippen LogP contribution in [0.15, 0.2) is 0 Å². The summed E-state index contributed by atoms with van der Waals surface area (Å²) in [6.07, 6.45) is -90.3. The van der Waals surface area contributed by atoms with Crippen LogP contribution in [0, 0.1) is 0 Å². The predicted molar refractivity (Wildman–Crippen MR) is 346 cm³/mol. The van der Waals surface area contributed by atoms with Gasteiger partial charge in [-0.15, -0.1) is 0 Å². The summed E-state index contributed by atoms with van der Waals surface area (Å²) in [5.74, 6) is -8.43. The van der Waals surface area contributed by atoms with Crippen LogP contribution in [0.25, 0.3) is 0 Å². The molecule has 9 heterocycles. The normalized spacial score (nSPS) is 49.2. The molecule has 9 aliphatic rings. The number of rotatable bonds is 29. The minimum absolute atomic E-state index is 0.885. The fourth-order valence-corrected chi connectivity index (χ4v) is 14.6. The van der Waals surface area contributed by atoms with Crippen molar-refractivity contribution in [1.29, 1.82) is 0 Å². The van der Waals surface area contributed by atoms with Crippen LogP contribution in [0.5, 0.6) is 0 Å². The Balaban J connectivity index is 1.06. The molecule has 46 atom stereocenters. The third kappa shape index (κ3) is 20.1. The van der Waals surface area contributed by atoms with E-state index in [-0.39, 0.29) is 0 Å². The van der Waals surface area contributed by atoms with E-state index in [2.05, 4.69) is 16.0 Å². The van der Waals surface area contributed by atoms with E-state index in [0.29, 0.717) is 0 Å². The maximum Gasteiger partial charge on any atom is 0.364 e. The highest BCUT2D eigenvalue weighted by Crippen LogP contribution is 2.42. The standard InChI is InChI=1S/C63H105N3O47/c1-14-30(78)37(85)42(90)57(98-14)109-50-29(66-18(5)75)55(104-25(12-72)47(50)107-60-45(93)52(35(83)23(10-70)102-60)113-63(62(95)96)6-19(76)27(64-16(3)73)49(112-63)32(80)20(77)7-67)97-13-26-36(84)51(44(92)59(105-26)106-46-24(11-71)100-54(94)41(89)40(46)88)110-56-28(65-17(4)74)48(34(82)22(9-69)101-56)108-61-53(39(87)33(81)21(8-68)103-61)111-58-43(91)38(86)31(79)15(2)99-58/h14-15,19-61,67-72,76-94H,6-13H2,1-5H3,(H,64,73)(H,65,74)(H,66,75)(H,95,96)/t14-,15-,19-,20+,21+,22+,23+,24+,25+,26+,27+,28+,29+,30+,31+,32+,33-,34+,35-,36-,37+,38+,39-,40+,41+,42-,43-,44+,45+,46+,47+,48+,49+,50+,51-,52-,53+,54-,55+,56-,57-,58-,59-,60-,61-,63-/m0/s1. The first-order chi connectivity index (χ1) is 53.2. The Morgan fingerprint density at radius 1 is 0.381 bits per heavy atom. The van der Waals surface area contributed by atoms with Crippen molar-refractivity contribution in [3.63, 3.8) is 0 Å². The van der Waals surface area contributed by atoms with Gasteiger partial charge in [0, 0.05) is 27.2 Å². The largest absolute Gasteiger partial charge is 0.477 e. The van der Waals surface area contributed by atoms with E-state index in [1.807, 2.05) is 0 Å². The SMILES string of the molecule is CC(=O)N[C@H]1[C@H](OC[C@H]2O[C@@H](O[C@H]3[C@H](O)[C@@H](O)[C@@H](O)O[C@@H]3CO)[C@H](O)[C@@H](O[C@@H]3O[C@H](CO)[C@@H](O)[C@H](O[C@@H]4O[C@H](CO)[C@H](O)[C@H](O)[C@H]4O[C@@H]4O[C@@H](C)[C@@H](O)[C@@H](O)[C@@H]4O)[C@H]3NC(C)=O)[C@H]2O)O[C@H](CO)[C@@H](O[C@@H]2O[C@H](CO)[C@H](O)[C@H](O[C@]3(C(=O)O)C[C@H](O)[C@@H](NC(C)=O)[C@H]([C@H](O)[C@H](O)CO)O3)[C@H]2O)[C@@H]1O[C@@H]1O[C@@H](C)[C@@H](O)[C@@H](O)[C@@H]1O. The van der Waals surface area contributed by atoms with E-state index >= 15 is 0 Å². The van der Waals surface area contributed by atoms with Crippen LogP contribution >= 0.6 is 0 Å². The van der Waals surface area contributed by atoms with Gasteiger partial charge in [0.15, 0.2) is 50.3 Å².